The summed E-state index contributed by atoms with van der Waals surface area (Å²) in [7, 11) is 1.61. The monoisotopic (exact) mass is 449 g/mol. The molecular weight excluding hydrogens is 426 g/mol. The van der Waals surface area contributed by atoms with Gasteiger partial charge in [0.05, 0.1) is 25.7 Å². The van der Waals surface area contributed by atoms with E-state index in [1.54, 1.807) is 18.4 Å². The van der Waals surface area contributed by atoms with Crippen LogP contribution in [0.15, 0.2) is 70.8 Å². The molecule has 0 saturated heterocycles. The number of aromatic nitrogens is 1. The summed E-state index contributed by atoms with van der Waals surface area (Å²) >= 11 is 7.39. The molecular formula is C24H23N3O2S2. The molecule has 0 aliphatic rings. The summed E-state index contributed by atoms with van der Waals surface area (Å²) < 4.78 is 5.26. The number of thiophene rings is 1. The van der Waals surface area contributed by atoms with Gasteiger partial charge >= 0.3 is 0 Å². The Morgan fingerprint density at radius 2 is 1.94 bits per heavy atom. The fourth-order valence-corrected chi connectivity index (χ4v) is 4.27. The van der Waals surface area contributed by atoms with Crippen molar-refractivity contribution in [2.45, 2.75) is 20.0 Å². The molecule has 0 bridgehead atoms. The highest BCUT2D eigenvalue weighted by molar-refractivity contribution is 7.80. The van der Waals surface area contributed by atoms with Gasteiger partial charge in [-0.2, -0.15) is 0 Å². The Labute approximate surface area is 190 Å². The topological polar surface area (TPSA) is 57.4 Å². The summed E-state index contributed by atoms with van der Waals surface area (Å²) in [6.45, 7) is 3.06. The van der Waals surface area contributed by atoms with E-state index in [9.17, 15) is 4.79 Å². The van der Waals surface area contributed by atoms with Crippen LogP contribution in [0.5, 0.6) is 5.75 Å². The molecule has 0 saturated carbocycles. The van der Waals surface area contributed by atoms with Crippen LogP contribution in [-0.4, -0.2) is 22.1 Å². The summed E-state index contributed by atoms with van der Waals surface area (Å²) in [6, 6.07) is 19.7. The van der Waals surface area contributed by atoms with Gasteiger partial charge in [0, 0.05) is 22.2 Å². The minimum absolute atomic E-state index is 0.130. The van der Waals surface area contributed by atoms with Crippen molar-refractivity contribution >= 4 is 45.3 Å². The summed E-state index contributed by atoms with van der Waals surface area (Å²) in [6.07, 6.45) is 0. The van der Waals surface area contributed by atoms with E-state index in [0.29, 0.717) is 29.5 Å². The maximum atomic E-state index is 12.8. The number of thiocarbonyl (C=S) groups is 1. The number of nitrogens with zero attached hydrogens (tertiary/aromatic N) is 1. The van der Waals surface area contributed by atoms with Gasteiger partial charge in [0.15, 0.2) is 5.11 Å². The summed E-state index contributed by atoms with van der Waals surface area (Å²) in [5, 5.41) is 6.87. The first-order chi connectivity index (χ1) is 15.0. The number of fused-ring (bicyclic) bond motifs is 1. The van der Waals surface area contributed by atoms with Gasteiger partial charge in [-0.1, -0.05) is 23.8 Å². The molecule has 0 radical (unpaired) electrons. The standard InChI is InChI=1S/C24H23N3O2S2/c1-16-5-8-19(9-6-16)25-24(30)27(15-21-4-3-11-31-21)14-18-12-17-7-10-20(29-2)13-22(17)26-23(18)28/h3-13H,14-15H2,1-2H3,(H,25,30)(H,26,28). The lowest BCUT2D eigenvalue weighted by molar-refractivity contribution is 0.414. The van der Waals surface area contributed by atoms with Gasteiger partial charge in [-0.15, -0.1) is 11.3 Å². The van der Waals surface area contributed by atoms with E-state index in [1.807, 2.05) is 71.8 Å². The quantitative estimate of drug-likeness (QED) is 0.391. The molecule has 0 aliphatic heterocycles. The Bertz CT molecular complexity index is 1250. The maximum absolute atomic E-state index is 12.8. The summed E-state index contributed by atoms with van der Waals surface area (Å²) in [5.74, 6) is 0.707. The molecule has 158 valence electrons. The van der Waals surface area contributed by atoms with Gasteiger partial charge < -0.3 is 19.9 Å². The number of aryl methyl sites for hydroxylation is 1. The molecule has 2 aromatic heterocycles. The van der Waals surface area contributed by atoms with Crippen LogP contribution in [0, 0.1) is 6.92 Å². The molecule has 4 aromatic rings. The fraction of sp³-hybridized carbons (Fsp3) is 0.167. The summed E-state index contributed by atoms with van der Waals surface area (Å²) in [4.78, 5) is 19.0. The van der Waals surface area contributed by atoms with Gasteiger partial charge in [-0.3, -0.25) is 4.79 Å². The minimum Gasteiger partial charge on any atom is -0.497 e. The molecule has 4 rings (SSSR count). The lowest BCUT2D eigenvalue weighted by Gasteiger charge is -2.25. The number of anilines is 1. The molecule has 2 N–H and O–H groups in total. The number of rotatable bonds is 6. The van der Waals surface area contributed by atoms with Crippen LogP contribution in [0.2, 0.25) is 0 Å². The average molecular weight is 450 g/mol. The number of pyridine rings is 1. The van der Waals surface area contributed by atoms with Crippen molar-refractivity contribution in [3.8, 4) is 5.75 Å². The van der Waals surface area contributed by atoms with Crippen LogP contribution in [0.4, 0.5) is 5.69 Å². The number of hydrogen-bond acceptors (Lipinski definition) is 4. The van der Waals surface area contributed by atoms with Crippen molar-refractivity contribution in [3.05, 3.63) is 92.4 Å². The van der Waals surface area contributed by atoms with E-state index in [4.69, 9.17) is 17.0 Å². The molecule has 2 aromatic carbocycles. The molecule has 0 atom stereocenters. The third kappa shape index (κ3) is 5.13. The minimum atomic E-state index is -0.130. The molecule has 0 aliphatic carbocycles. The Kier molecular flexibility index (Phi) is 6.34. The Morgan fingerprint density at radius 3 is 2.65 bits per heavy atom. The zero-order valence-electron chi connectivity index (χ0n) is 17.3. The van der Waals surface area contributed by atoms with E-state index in [2.05, 4.69) is 16.4 Å². The third-order valence-electron chi connectivity index (χ3n) is 5.01. The highest BCUT2D eigenvalue weighted by Crippen LogP contribution is 2.20. The number of aromatic amines is 1. The second-order valence-corrected chi connectivity index (χ2v) is 8.73. The second-order valence-electron chi connectivity index (χ2n) is 7.31. The van der Waals surface area contributed by atoms with Crippen molar-refractivity contribution in [3.63, 3.8) is 0 Å². The van der Waals surface area contributed by atoms with E-state index in [0.717, 1.165) is 16.6 Å². The first kappa shape index (κ1) is 21.1. The number of hydrogen-bond donors (Lipinski definition) is 2. The van der Waals surface area contributed by atoms with Crippen LogP contribution in [0.25, 0.3) is 10.9 Å². The lowest BCUT2D eigenvalue weighted by atomic mass is 10.1. The van der Waals surface area contributed by atoms with Gasteiger partial charge in [0.2, 0.25) is 0 Å². The predicted molar refractivity (Wildman–Crippen MR) is 132 cm³/mol. The van der Waals surface area contributed by atoms with E-state index >= 15 is 0 Å². The van der Waals surface area contributed by atoms with Gasteiger partial charge in [-0.25, -0.2) is 0 Å². The van der Waals surface area contributed by atoms with E-state index < -0.39 is 0 Å². The normalized spacial score (nSPS) is 10.8. The van der Waals surface area contributed by atoms with Crippen LogP contribution in [0.1, 0.15) is 16.0 Å². The maximum Gasteiger partial charge on any atom is 0.253 e. The zero-order valence-corrected chi connectivity index (χ0v) is 19.0. The molecule has 0 amide bonds. The third-order valence-corrected chi connectivity index (χ3v) is 6.23. The number of nitrogens with one attached hydrogen (secondary N) is 2. The molecule has 2 heterocycles. The van der Waals surface area contributed by atoms with Crippen molar-refractivity contribution in [1.82, 2.24) is 9.88 Å². The predicted octanol–water partition coefficient (Wildman–Crippen LogP) is 5.31. The first-order valence-electron chi connectivity index (χ1n) is 9.87. The highest BCUT2D eigenvalue weighted by atomic mass is 32.1. The van der Waals surface area contributed by atoms with E-state index in [1.165, 1.54) is 10.4 Å². The average Bonchev–Trinajstić information content (AvgIpc) is 3.28. The van der Waals surface area contributed by atoms with Crippen LogP contribution < -0.4 is 15.6 Å². The molecule has 31 heavy (non-hydrogen) atoms. The molecule has 7 heteroatoms. The molecule has 5 nitrogen and oxygen atoms in total. The van der Waals surface area contributed by atoms with Crippen molar-refractivity contribution < 1.29 is 4.74 Å². The number of benzene rings is 2. The smallest absolute Gasteiger partial charge is 0.253 e. The van der Waals surface area contributed by atoms with Crippen LogP contribution in [-0.2, 0) is 13.1 Å². The summed E-state index contributed by atoms with van der Waals surface area (Å²) in [5.41, 5.74) is 3.38. The molecule has 0 spiro atoms. The zero-order chi connectivity index (χ0) is 21.8. The van der Waals surface area contributed by atoms with E-state index in [-0.39, 0.29) is 5.56 Å². The van der Waals surface area contributed by atoms with Crippen LogP contribution >= 0.6 is 23.6 Å². The van der Waals surface area contributed by atoms with Gasteiger partial charge in [-0.05, 0) is 66.3 Å². The van der Waals surface area contributed by atoms with Gasteiger partial charge in [0.1, 0.15) is 5.75 Å². The Morgan fingerprint density at radius 1 is 1.13 bits per heavy atom. The van der Waals surface area contributed by atoms with Crippen molar-refractivity contribution in [2.75, 3.05) is 12.4 Å². The Balaban J connectivity index is 1.62. The highest BCUT2D eigenvalue weighted by Gasteiger charge is 2.15. The second kappa shape index (κ2) is 9.32. The largest absolute Gasteiger partial charge is 0.497 e. The van der Waals surface area contributed by atoms with Crippen LogP contribution in [0.3, 0.4) is 0 Å². The Hall–Kier alpha value is -3.16. The number of methoxy groups -OCH3 is 1. The molecule has 0 fully saturated rings. The van der Waals surface area contributed by atoms with Gasteiger partial charge in [0.25, 0.3) is 5.56 Å². The first-order valence-corrected chi connectivity index (χ1v) is 11.2. The SMILES string of the molecule is COc1ccc2cc(CN(Cc3cccs3)C(=S)Nc3ccc(C)cc3)c(=O)[nH]c2c1. The molecule has 0 unspecified atom stereocenters. The van der Waals surface area contributed by atoms with Crippen molar-refractivity contribution in [2.24, 2.45) is 0 Å². The lowest BCUT2D eigenvalue weighted by Crippen LogP contribution is -2.35. The number of ether oxygens (including phenoxy) is 1. The fourth-order valence-electron chi connectivity index (χ4n) is 3.30. The number of H-pyrrole nitrogens is 1. The van der Waals surface area contributed by atoms with Crippen molar-refractivity contribution in [1.29, 1.82) is 0 Å².